The summed E-state index contributed by atoms with van der Waals surface area (Å²) in [5, 5.41) is 9.12. The minimum Gasteiger partial charge on any atom is -0.493 e. The Morgan fingerprint density at radius 2 is 1.92 bits per heavy atom. The summed E-state index contributed by atoms with van der Waals surface area (Å²) in [7, 11) is 0. The average molecular weight is 338 g/mol. The fourth-order valence-electron chi connectivity index (χ4n) is 3.17. The smallest absolute Gasteiger partial charge is 0.122 e. The van der Waals surface area contributed by atoms with Crippen LogP contribution in [0.3, 0.4) is 0 Å². The van der Waals surface area contributed by atoms with E-state index in [-0.39, 0.29) is 6.61 Å². The number of aliphatic hydroxyl groups excluding tert-OH is 1. The summed E-state index contributed by atoms with van der Waals surface area (Å²) < 4.78 is 8.21. The van der Waals surface area contributed by atoms with Crippen LogP contribution < -0.4 is 4.74 Å². The van der Waals surface area contributed by atoms with Crippen molar-refractivity contribution in [1.29, 1.82) is 0 Å². The first-order valence-electron chi connectivity index (χ1n) is 8.94. The topological polar surface area (TPSA) is 47.3 Å². The number of benzene rings is 2. The number of hydrogen-bond acceptors (Lipinski definition) is 3. The highest BCUT2D eigenvalue weighted by molar-refractivity contribution is 5.75. The van der Waals surface area contributed by atoms with E-state index in [1.165, 1.54) is 11.1 Å². The molecule has 0 aliphatic rings. The minimum absolute atomic E-state index is 0.193. The molecule has 4 heteroatoms. The molecule has 0 atom stereocenters. The summed E-state index contributed by atoms with van der Waals surface area (Å²) in [5.41, 5.74) is 4.60. The van der Waals surface area contributed by atoms with Crippen LogP contribution in [0.2, 0.25) is 0 Å². The second-order valence-corrected chi connectivity index (χ2v) is 6.47. The third-order valence-corrected chi connectivity index (χ3v) is 4.41. The molecule has 25 heavy (non-hydrogen) atoms. The van der Waals surface area contributed by atoms with E-state index < -0.39 is 0 Å². The van der Waals surface area contributed by atoms with Crippen molar-refractivity contribution in [3.05, 3.63) is 59.4 Å². The summed E-state index contributed by atoms with van der Waals surface area (Å²) in [6.45, 7) is 5.91. The van der Waals surface area contributed by atoms with Crippen molar-refractivity contribution in [1.82, 2.24) is 9.55 Å². The summed E-state index contributed by atoms with van der Waals surface area (Å²) in [6, 6.07) is 14.5. The Hall–Kier alpha value is -2.33. The quantitative estimate of drug-likeness (QED) is 0.630. The van der Waals surface area contributed by atoms with Crippen molar-refractivity contribution in [3.8, 4) is 5.75 Å². The van der Waals surface area contributed by atoms with Crippen LogP contribution in [0.15, 0.2) is 42.5 Å². The number of nitrogens with zero attached hydrogens (tertiary/aromatic N) is 2. The van der Waals surface area contributed by atoms with E-state index in [1.807, 2.05) is 24.3 Å². The van der Waals surface area contributed by atoms with Crippen LogP contribution in [0.1, 0.15) is 29.8 Å². The highest BCUT2D eigenvalue weighted by atomic mass is 16.5. The number of aromatic nitrogens is 2. The first-order valence-corrected chi connectivity index (χ1v) is 8.94. The molecule has 3 aromatic rings. The minimum atomic E-state index is 0.193. The molecule has 1 N–H and O–H groups in total. The van der Waals surface area contributed by atoms with E-state index in [2.05, 4.69) is 36.6 Å². The molecule has 0 aliphatic carbocycles. The number of aliphatic hydroxyl groups is 1. The van der Waals surface area contributed by atoms with E-state index in [0.29, 0.717) is 6.61 Å². The van der Waals surface area contributed by atoms with Crippen molar-refractivity contribution in [2.24, 2.45) is 0 Å². The van der Waals surface area contributed by atoms with Gasteiger partial charge in [-0.2, -0.15) is 0 Å². The van der Waals surface area contributed by atoms with Gasteiger partial charge in [-0.1, -0.05) is 29.8 Å². The fourth-order valence-corrected chi connectivity index (χ4v) is 3.17. The van der Waals surface area contributed by atoms with Crippen LogP contribution in [0.25, 0.3) is 11.0 Å². The number of imidazole rings is 1. The van der Waals surface area contributed by atoms with Gasteiger partial charge in [-0.3, -0.25) is 0 Å². The second-order valence-electron chi connectivity index (χ2n) is 6.47. The molecular weight excluding hydrogens is 312 g/mol. The van der Waals surface area contributed by atoms with Crippen LogP contribution in [0, 0.1) is 13.8 Å². The molecule has 0 aliphatic heterocycles. The van der Waals surface area contributed by atoms with Gasteiger partial charge in [-0.25, -0.2) is 4.98 Å². The Labute approximate surface area is 149 Å². The Bertz CT molecular complexity index is 839. The maximum absolute atomic E-state index is 9.12. The molecule has 2 aromatic carbocycles. The lowest BCUT2D eigenvalue weighted by Crippen LogP contribution is -2.09. The van der Waals surface area contributed by atoms with Gasteiger partial charge in [0.1, 0.15) is 11.6 Å². The number of hydrogen-bond donors (Lipinski definition) is 1. The molecule has 0 spiro atoms. The molecule has 0 saturated heterocycles. The fraction of sp³-hybridized carbons (Fsp3) is 0.381. The zero-order valence-corrected chi connectivity index (χ0v) is 15.0. The van der Waals surface area contributed by atoms with Gasteiger partial charge in [0.25, 0.3) is 0 Å². The van der Waals surface area contributed by atoms with Crippen molar-refractivity contribution in [2.75, 3.05) is 13.2 Å². The Kier molecular flexibility index (Phi) is 5.71. The maximum atomic E-state index is 9.12. The predicted molar refractivity (Wildman–Crippen MR) is 101 cm³/mol. The molecule has 0 saturated carbocycles. The van der Waals surface area contributed by atoms with Gasteiger partial charge in [0, 0.05) is 19.6 Å². The van der Waals surface area contributed by atoms with Crippen molar-refractivity contribution in [3.63, 3.8) is 0 Å². The lowest BCUT2D eigenvalue weighted by molar-refractivity contribution is 0.285. The van der Waals surface area contributed by atoms with Gasteiger partial charge >= 0.3 is 0 Å². The molecule has 1 heterocycles. The van der Waals surface area contributed by atoms with Crippen LogP contribution in [0.5, 0.6) is 5.75 Å². The van der Waals surface area contributed by atoms with Crippen LogP contribution in [-0.2, 0) is 13.0 Å². The predicted octanol–water partition coefficient (Wildman–Crippen LogP) is 4.05. The molecule has 0 radical (unpaired) electrons. The summed E-state index contributed by atoms with van der Waals surface area (Å²) in [4.78, 5) is 4.72. The third kappa shape index (κ3) is 4.20. The average Bonchev–Trinajstić information content (AvgIpc) is 2.96. The van der Waals surface area contributed by atoms with Gasteiger partial charge in [0.15, 0.2) is 0 Å². The first kappa shape index (κ1) is 17.5. The number of ether oxygens (including phenoxy) is 1. The van der Waals surface area contributed by atoms with E-state index in [0.717, 1.165) is 48.4 Å². The number of para-hydroxylation sites is 2. The molecule has 0 unspecified atom stereocenters. The highest BCUT2D eigenvalue weighted by Gasteiger charge is 2.10. The molecule has 4 nitrogen and oxygen atoms in total. The van der Waals surface area contributed by atoms with Crippen LogP contribution >= 0.6 is 0 Å². The lowest BCUT2D eigenvalue weighted by Gasteiger charge is -2.12. The zero-order chi connectivity index (χ0) is 17.6. The van der Waals surface area contributed by atoms with Crippen molar-refractivity contribution >= 4 is 11.0 Å². The van der Waals surface area contributed by atoms with Gasteiger partial charge < -0.3 is 14.4 Å². The Morgan fingerprint density at radius 1 is 1.08 bits per heavy atom. The normalized spacial score (nSPS) is 11.2. The van der Waals surface area contributed by atoms with E-state index >= 15 is 0 Å². The standard InChI is InChI=1S/C21H26N2O2/c1-16-10-11-20(17(2)15-16)25-14-6-12-23-19-8-4-3-7-18(19)22-21(23)9-5-13-24/h3-4,7-8,10-11,15,24H,5-6,9,12-14H2,1-2H3. The molecule has 132 valence electrons. The van der Waals surface area contributed by atoms with Crippen LogP contribution in [-0.4, -0.2) is 27.9 Å². The number of fused-ring (bicyclic) bond motifs is 1. The highest BCUT2D eigenvalue weighted by Crippen LogP contribution is 2.20. The van der Waals surface area contributed by atoms with Gasteiger partial charge in [-0.05, 0) is 50.5 Å². The van der Waals surface area contributed by atoms with Crippen molar-refractivity contribution in [2.45, 2.75) is 39.7 Å². The third-order valence-electron chi connectivity index (χ3n) is 4.41. The molecule has 3 rings (SSSR count). The SMILES string of the molecule is Cc1ccc(OCCCn2c(CCCO)nc3ccccc32)c(C)c1. The monoisotopic (exact) mass is 338 g/mol. The molecular formula is C21H26N2O2. The summed E-state index contributed by atoms with van der Waals surface area (Å²) >= 11 is 0. The first-order chi connectivity index (χ1) is 12.2. The van der Waals surface area contributed by atoms with Gasteiger partial charge in [-0.15, -0.1) is 0 Å². The Balaban J connectivity index is 1.65. The van der Waals surface area contributed by atoms with Gasteiger partial charge in [0.2, 0.25) is 0 Å². The molecule has 0 amide bonds. The lowest BCUT2D eigenvalue weighted by atomic mass is 10.1. The second kappa shape index (κ2) is 8.17. The number of aryl methyl sites for hydroxylation is 4. The van der Waals surface area contributed by atoms with Crippen molar-refractivity contribution < 1.29 is 9.84 Å². The van der Waals surface area contributed by atoms with Gasteiger partial charge in [0.05, 0.1) is 17.6 Å². The van der Waals surface area contributed by atoms with E-state index in [1.54, 1.807) is 0 Å². The zero-order valence-electron chi connectivity index (χ0n) is 15.0. The summed E-state index contributed by atoms with van der Waals surface area (Å²) in [5.74, 6) is 2.00. The Morgan fingerprint density at radius 3 is 2.72 bits per heavy atom. The maximum Gasteiger partial charge on any atom is 0.122 e. The van der Waals surface area contributed by atoms with E-state index in [9.17, 15) is 0 Å². The number of rotatable bonds is 8. The molecule has 0 bridgehead atoms. The van der Waals surface area contributed by atoms with E-state index in [4.69, 9.17) is 14.8 Å². The molecule has 1 aromatic heterocycles. The summed E-state index contributed by atoms with van der Waals surface area (Å²) in [6.07, 6.45) is 2.45. The largest absolute Gasteiger partial charge is 0.493 e. The van der Waals surface area contributed by atoms with Crippen LogP contribution in [0.4, 0.5) is 0 Å². The molecule has 0 fully saturated rings.